The number of hydrogen-bond acceptors (Lipinski definition) is 6. The van der Waals surface area contributed by atoms with Crippen molar-refractivity contribution in [1.29, 1.82) is 0 Å². The molecule has 1 aromatic heterocycles. The highest BCUT2D eigenvalue weighted by atomic mass is 19.1. The zero-order chi connectivity index (χ0) is 18.1. The smallest absolute Gasteiger partial charge is 0.351 e. The van der Waals surface area contributed by atoms with Gasteiger partial charge < -0.3 is 20.3 Å². The van der Waals surface area contributed by atoms with E-state index in [-0.39, 0.29) is 5.56 Å². The average molecular weight is 349 g/mol. The highest BCUT2D eigenvalue weighted by Crippen LogP contribution is 2.28. The van der Waals surface area contributed by atoms with Gasteiger partial charge in [-0.2, -0.15) is 4.98 Å². The minimum atomic E-state index is -1.40. The molecule has 1 amide bonds. The van der Waals surface area contributed by atoms with Crippen LogP contribution < -0.4 is 11.0 Å². The molecule has 2 heterocycles. The van der Waals surface area contributed by atoms with E-state index in [2.05, 4.69) is 10.3 Å². The molecule has 4 atom stereocenters. The van der Waals surface area contributed by atoms with Crippen LogP contribution in [0.3, 0.4) is 0 Å². The number of hydrogen-bond donors (Lipinski definition) is 3. The number of benzene rings is 1. The number of aliphatic hydroxyl groups is 2. The van der Waals surface area contributed by atoms with Gasteiger partial charge in [-0.3, -0.25) is 9.36 Å². The SMILES string of the molecule is C[C@H]1O[C@@H](n2cc(F)c(NC(=O)c3ccccc3)nc2=O)C(O)C1O. The number of carbonyl (C=O) groups is 1. The van der Waals surface area contributed by atoms with Crippen LogP contribution in [0.15, 0.2) is 41.3 Å². The molecule has 3 rings (SSSR count). The van der Waals surface area contributed by atoms with Crippen molar-refractivity contribution in [3.8, 4) is 0 Å². The summed E-state index contributed by atoms with van der Waals surface area (Å²) in [5.74, 6) is -2.13. The molecule has 1 aromatic carbocycles. The molecule has 1 saturated heterocycles. The Kier molecular flexibility index (Phi) is 4.62. The van der Waals surface area contributed by atoms with Crippen molar-refractivity contribution in [2.45, 2.75) is 31.5 Å². The van der Waals surface area contributed by atoms with E-state index in [9.17, 15) is 24.2 Å². The Morgan fingerprint density at radius 2 is 1.96 bits per heavy atom. The zero-order valence-corrected chi connectivity index (χ0v) is 13.2. The fraction of sp³-hybridized carbons (Fsp3) is 0.312. The van der Waals surface area contributed by atoms with Gasteiger partial charge in [0.2, 0.25) is 0 Å². The van der Waals surface area contributed by atoms with Gasteiger partial charge in [-0.15, -0.1) is 0 Å². The highest BCUT2D eigenvalue weighted by molar-refractivity contribution is 6.03. The Morgan fingerprint density at radius 3 is 2.56 bits per heavy atom. The van der Waals surface area contributed by atoms with E-state index in [0.29, 0.717) is 0 Å². The van der Waals surface area contributed by atoms with E-state index in [4.69, 9.17) is 4.74 Å². The molecule has 25 heavy (non-hydrogen) atoms. The molecule has 0 bridgehead atoms. The third kappa shape index (κ3) is 3.29. The van der Waals surface area contributed by atoms with Gasteiger partial charge in [0, 0.05) is 5.56 Å². The summed E-state index contributed by atoms with van der Waals surface area (Å²) in [5, 5.41) is 21.8. The quantitative estimate of drug-likeness (QED) is 0.733. The lowest BCUT2D eigenvalue weighted by Gasteiger charge is -2.17. The number of halogens is 1. The summed E-state index contributed by atoms with van der Waals surface area (Å²) in [4.78, 5) is 27.6. The number of amides is 1. The number of anilines is 1. The fourth-order valence-electron chi connectivity index (χ4n) is 2.54. The first-order chi connectivity index (χ1) is 11.9. The van der Waals surface area contributed by atoms with Gasteiger partial charge in [0.25, 0.3) is 5.91 Å². The minimum absolute atomic E-state index is 0.277. The van der Waals surface area contributed by atoms with Crippen LogP contribution in [-0.2, 0) is 4.74 Å². The summed E-state index contributed by atoms with van der Waals surface area (Å²) in [6, 6.07) is 8.06. The lowest BCUT2D eigenvalue weighted by Crippen LogP contribution is -2.36. The first-order valence-electron chi connectivity index (χ1n) is 7.55. The summed E-state index contributed by atoms with van der Waals surface area (Å²) in [6.07, 6.45) is -3.84. The van der Waals surface area contributed by atoms with Crippen molar-refractivity contribution in [2.75, 3.05) is 5.32 Å². The van der Waals surface area contributed by atoms with E-state index in [1.165, 1.54) is 19.1 Å². The third-order valence-corrected chi connectivity index (χ3v) is 3.93. The number of nitrogens with one attached hydrogen (secondary N) is 1. The van der Waals surface area contributed by atoms with Gasteiger partial charge in [0.15, 0.2) is 17.9 Å². The lowest BCUT2D eigenvalue weighted by molar-refractivity contribution is -0.0355. The molecular weight excluding hydrogens is 333 g/mol. The van der Waals surface area contributed by atoms with Crippen LogP contribution in [-0.4, -0.2) is 44.0 Å². The maximum absolute atomic E-state index is 14.2. The second kappa shape index (κ2) is 6.71. The third-order valence-electron chi connectivity index (χ3n) is 3.93. The Labute approximate surface area is 141 Å². The molecule has 1 aliphatic heterocycles. The Balaban J connectivity index is 1.86. The van der Waals surface area contributed by atoms with Crippen molar-refractivity contribution in [1.82, 2.24) is 9.55 Å². The lowest BCUT2D eigenvalue weighted by atomic mass is 10.1. The van der Waals surface area contributed by atoms with E-state index in [1.807, 2.05) is 0 Å². The largest absolute Gasteiger partial charge is 0.388 e. The monoisotopic (exact) mass is 349 g/mol. The van der Waals surface area contributed by atoms with Gasteiger partial charge in [-0.1, -0.05) is 18.2 Å². The zero-order valence-electron chi connectivity index (χ0n) is 13.2. The molecule has 0 saturated carbocycles. The van der Waals surface area contributed by atoms with Crippen LogP contribution in [0.4, 0.5) is 10.2 Å². The van der Waals surface area contributed by atoms with Crippen molar-refractivity contribution in [3.63, 3.8) is 0 Å². The summed E-state index contributed by atoms with van der Waals surface area (Å²) >= 11 is 0. The van der Waals surface area contributed by atoms with Crippen molar-refractivity contribution in [3.05, 3.63) is 58.4 Å². The van der Waals surface area contributed by atoms with Crippen LogP contribution in [0.1, 0.15) is 23.5 Å². The average Bonchev–Trinajstić information content (AvgIpc) is 2.86. The van der Waals surface area contributed by atoms with Crippen LogP contribution in [0.5, 0.6) is 0 Å². The van der Waals surface area contributed by atoms with Crippen molar-refractivity contribution < 1.29 is 24.1 Å². The number of carbonyl (C=O) groups excluding carboxylic acids is 1. The topological polar surface area (TPSA) is 114 Å². The van der Waals surface area contributed by atoms with Crippen LogP contribution >= 0.6 is 0 Å². The molecule has 1 fully saturated rings. The van der Waals surface area contributed by atoms with Crippen molar-refractivity contribution in [2.24, 2.45) is 0 Å². The molecular formula is C16H16FN3O5. The first-order valence-corrected chi connectivity index (χ1v) is 7.55. The number of ether oxygens (including phenoxy) is 1. The maximum Gasteiger partial charge on any atom is 0.351 e. The summed E-state index contributed by atoms with van der Waals surface area (Å²) in [6.45, 7) is 1.51. The van der Waals surface area contributed by atoms with Gasteiger partial charge in [0.05, 0.1) is 12.3 Å². The molecule has 0 spiro atoms. The minimum Gasteiger partial charge on any atom is -0.388 e. The predicted molar refractivity (Wildman–Crippen MR) is 84.4 cm³/mol. The summed E-state index contributed by atoms with van der Waals surface area (Å²) in [5.41, 5.74) is -0.658. The molecule has 1 aliphatic rings. The standard InChI is InChI=1S/C16H16FN3O5/c1-8-11(21)12(22)15(25-8)20-7-10(17)13(19-16(20)24)18-14(23)9-5-3-2-4-6-9/h2-8,11-12,15,21-22H,1H3,(H,18,19,23,24)/t8-,11?,12?,15-/m1/s1. The van der Waals surface area contributed by atoms with E-state index in [1.54, 1.807) is 18.2 Å². The van der Waals surface area contributed by atoms with Crippen LogP contribution in [0, 0.1) is 5.82 Å². The maximum atomic E-state index is 14.2. The predicted octanol–water partition coefficient (Wildman–Crippen LogP) is 0.274. The molecule has 2 unspecified atom stereocenters. The van der Waals surface area contributed by atoms with Gasteiger partial charge in [-0.05, 0) is 19.1 Å². The van der Waals surface area contributed by atoms with Crippen molar-refractivity contribution >= 4 is 11.7 Å². The van der Waals surface area contributed by atoms with Gasteiger partial charge in [-0.25, -0.2) is 9.18 Å². The second-order valence-electron chi connectivity index (χ2n) is 5.66. The summed E-state index contributed by atoms with van der Waals surface area (Å²) in [7, 11) is 0. The second-order valence-corrected chi connectivity index (χ2v) is 5.66. The number of nitrogens with zero attached hydrogens (tertiary/aromatic N) is 2. The van der Waals surface area contributed by atoms with E-state index >= 15 is 0 Å². The van der Waals surface area contributed by atoms with Crippen LogP contribution in [0.25, 0.3) is 0 Å². The Hall–Kier alpha value is -2.62. The first kappa shape index (κ1) is 17.2. The normalized spacial score (nSPS) is 25.8. The summed E-state index contributed by atoms with van der Waals surface area (Å²) < 4.78 is 20.3. The molecule has 2 aromatic rings. The van der Waals surface area contributed by atoms with Crippen LogP contribution in [0.2, 0.25) is 0 Å². The molecule has 3 N–H and O–H groups in total. The number of aliphatic hydroxyl groups excluding tert-OH is 2. The molecule has 8 nitrogen and oxygen atoms in total. The Morgan fingerprint density at radius 1 is 1.28 bits per heavy atom. The van der Waals surface area contributed by atoms with Gasteiger partial charge in [0.1, 0.15) is 12.2 Å². The molecule has 132 valence electrons. The number of rotatable bonds is 3. The highest BCUT2D eigenvalue weighted by Gasteiger charge is 2.42. The van der Waals surface area contributed by atoms with E-state index in [0.717, 1.165) is 10.8 Å². The Bertz CT molecular complexity index is 841. The fourth-order valence-corrected chi connectivity index (χ4v) is 2.54. The molecule has 0 radical (unpaired) electrons. The molecule has 0 aliphatic carbocycles. The number of aromatic nitrogens is 2. The van der Waals surface area contributed by atoms with Gasteiger partial charge >= 0.3 is 5.69 Å². The molecule has 9 heteroatoms. The van der Waals surface area contributed by atoms with E-state index < -0.39 is 47.8 Å².